The summed E-state index contributed by atoms with van der Waals surface area (Å²) < 4.78 is 19.8. The maximum Gasteiger partial charge on any atom is 0.267 e. The van der Waals surface area contributed by atoms with Crippen molar-refractivity contribution in [1.29, 1.82) is 0 Å². The molecule has 0 unspecified atom stereocenters. The molecule has 0 N–H and O–H groups in total. The SMILES string of the molecule is COc1ccc(C(=O)c2ccc(F)cc2Cl)cc1Cn1ncccc1=O. The van der Waals surface area contributed by atoms with Gasteiger partial charge in [0, 0.05) is 29.0 Å². The van der Waals surface area contributed by atoms with Crippen LogP contribution in [0.1, 0.15) is 21.5 Å². The number of nitrogens with zero attached hydrogens (tertiary/aromatic N) is 2. The minimum Gasteiger partial charge on any atom is -0.496 e. The summed E-state index contributed by atoms with van der Waals surface area (Å²) in [5.74, 6) is -0.354. The quantitative estimate of drug-likeness (QED) is 0.644. The molecule has 0 saturated carbocycles. The van der Waals surface area contributed by atoms with Gasteiger partial charge < -0.3 is 4.74 Å². The second-order valence-electron chi connectivity index (χ2n) is 5.50. The third kappa shape index (κ3) is 3.65. The van der Waals surface area contributed by atoms with Gasteiger partial charge in [0.05, 0.1) is 18.7 Å². The lowest BCUT2D eigenvalue weighted by molar-refractivity contribution is 0.103. The first-order valence-electron chi connectivity index (χ1n) is 7.68. The summed E-state index contributed by atoms with van der Waals surface area (Å²) in [4.78, 5) is 24.6. The van der Waals surface area contributed by atoms with Gasteiger partial charge in [0.2, 0.25) is 0 Å². The largest absolute Gasteiger partial charge is 0.496 e. The molecule has 1 heterocycles. The zero-order chi connectivity index (χ0) is 18.7. The van der Waals surface area contributed by atoms with Crippen LogP contribution in [0.4, 0.5) is 4.39 Å². The monoisotopic (exact) mass is 372 g/mol. The second-order valence-corrected chi connectivity index (χ2v) is 5.91. The fourth-order valence-corrected chi connectivity index (χ4v) is 2.79. The highest BCUT2D eigenvalue weighted by atomic mass is 35.5. The highest BCUT2D eigenvalue weighted by Crippen LogP contribution is 2.25. The van der Waals surface area contributed by atoms with Gasteiger partial charge in [-0.15, -0.1) is 0 Å². The van der Waals surface area contributed by atoms with Gasteiger partial charge in [0.1, 0.15) is 11.6 Å². The Kier molecular flexibility index (Phi) is 5.14. The van der Waals surface area contributed by atoms with Crippen molar-refractivity contribution in [3.63, 3.8) is 0 Å². The molecule has 0 fully saturated rings. The Morgan fingerprint density at radius 2 is 2.04 bits per heavy atom. The predicted octanol–water partition coefficient (Wildman–Crippen LogP) is 3.32. The van der Waals surface area contributed by atoms with Crippen molar-refractivity contribution in [2.24, 2.45) is 0 Å². The molecule has 0 aliphatic rings. The maximum absolute atomic E-state index is 13.2. The molecular formula is C19H14ClFN2O3. The van der Waals surface area contributed by atoms with Crippen LogP contribution in [0.3, 0.4) is 0 Å². The molecule has 0 aliphatic carbocycles. The topological polar surface area (TPSA) is 61.2 Å². The maximum atomic E-state index is 13.2. The molecule has 0 atom stereocenters. The summed E-state index contributed by atoms with van der Waals surface area (Å²) in [6, 6.07) is 11.4. The second kappa shape index (κ2) is 7.49. The van der Waals surface area contributed by atoms with Crippen LogP contribution in [0.2, 0.25) is 5.02 Å². The molecule has 0 spiro atoms. The van der Waals surface area contributed by atoms with Crippen molar-refractivity contribution < 1.29 is 13.9 Å². The van der Waals surface area contributed by atoms with Crippen LogP contribution in [-0.2, 0) is 6.54 Å². The minimum absolute atomic E-state index is 0.0355. The molecule has 0 amide bonds. The zero-order valence-corrected chi connectivity index (χ0v) is 14.5. The number of halogens is 2. The van der Waals surface area contributed by atoms with Gasteiger partial charge in [-0.05, 0) is 42.5 Å². The van der Waals surface area contributed by atoms with Crippen LogP contribution in [0.15, 0.2) is 59.5 Å². The summed E-state index contributed by atoms with van der Waals surface area (Å²) in [6.07, 6.45) is 1.50. The molecule has 5 nitrogen and oxygen atoms in total. The van der Waals surface area contributed by atoms with E-state index >= 15 is 0 Å². The molecule has 3 rings (SSSR count). The Hall–Kier alpha value is -2.99. The molecule has 0 bridgehead atoms. The molecule has 7 heteroatoms. The third-order valence-corrected chi connectivity index (χ3v) is 4.14. The lowest BCUT2D eigenvalue weighted by Crippen LogP contribution is -2.22. The summed E-state index contributed by atoms with van der Waals surface area (Å²) in [7, 11) is 1.50. The first-order chi connectivity index (χ1) is 12.5. The first-order valence-corrected chi connectivity index (χ1v) is 8.06. The van der Waals surface area contributed by atoms with E-state index in [1.54, 1.807) is 24.3 Å². The van der Waals surface area contributed by atoms with Crippen molar-refractivity contribution in [3.8, 4) is 5.75 Å². The van der Waals surface area contributed by atoms with Gasteiger partial charge >= 0.3 is 0 Å². The van der Waals surface area contributed by atoms with Crippen LogP contribution >= 0.6 is 11.6 Å². The van der Waals surface area contributed by atoms with Crippen LogP contribution in [0.25, 0.3) is 0 Å². The van der Waals surface area contributed by atoms with Gasteiger partial charge in [-0.25, -0.2) is 9.07 Å². The average Bonchev–Trinajstić information content (AvgIpc) is 2.63. The standard InChI is InChI=1S/C19H14ClFN2O3/c1-26-17-7-4-12(19(25)15-6-5-14(21)10-16(15)20)9-13(17)11-23-18(24)3-2-8-22-23/h2-10H,11H2,1H3. The number of carbonyl (C=O) groups is 1. The lowest BCUT2D eigenvalue weighted by Gasteiger charge is -2.12. The molecule has 0 radical (unpaired) electrons. The molecule has 3 aromatic rings. The molecule has 0 saturated heterocycles. The van der Waals surface area contributed by atoms with Crippen LogP contribution in [-0.4, -0.2) is 22.7 Å². The molecule has 132 valence electrons. The van der Waals surface area contributed by atoms with E-state index in [-0.39, 0.29) is 28.5 Å². The Morgan fingerprint density at radius 3 is 2.73 bits per heavy atom. The number of aromatic nitrogens is 2. The van der Waals surface area contributed by atoms with Crippen LogP contribution < -0.4 is 10.3 Å². The number of benzene rings is 2. The number of rotatable bonds is 5. The average molecular weight is 373 g/mol. The molecular weight excluding hydrogens is 359 g/mol. The summed E-state index contributed by atoms with van der Waals surface area (Å²) in [5, 5.41) is 4.04. The molecule has 0 aliphatic heterocycles. The fraction of sp³-hybridized carbons (Fsp3) is 0.105. The molecule has 1 aromatic heterocycles. The van der Waals surface area contributed by atoms with Crippen molar-refractivity contribution in [3.05, 3.63) is 92.6 Å². The summed E-state index contributed by atoms with van der Waals surface area (Å²) in [5.41, 5.74) is 0.878. The summed E-state index contributed by atoms with van der Waals surface area (Å²) >= 11 is 5.98. The first kappa shape index (κ1) is 17.8. The number of ketones is 1. The van der Waals surface area contributed by atoms with Crippen LogP contribution in [0, 0.1) is 5.82 Å². The van der Waals surface area contributed by atoms with E-state index in [0.29, 0.717) is 16.9 Å². The van der Waals surface area contributed by atoms with Gasteiger partial charge in [-0.1, -0.05) is 11.6 Å². The Labute approximate surface area is 153 Å². The van der Waals surface area contributed by atoms with Gasteiger partial charge in [-0.2, -0.15) is 5.10 Å². The van der Waals surface area contributed by atoms with E-state index in [0.717, 1.165) is 6.07 Å². The zero-order valence-electron chi connectivity index (χ0n) is 13.8. The summed E-state index contributed by atoms with van der Waals surface area (Å²) in [6.45, 7) is 0.140. The van der Waals surface area contributed by atoms with E-state index in [1.165, 1.54) is 36.2 Å². The Bertz CT molecular complexity index is 1030. The molecule has 26 heavy (non-hydrogen) atoms. The van der Waals surface area contributed by atoms with Crippen molar-refractivity contribution in [1.82, 2.24) is 9.78 Å². The number of hydrogen-bond donors (Lipinski definition) is 0. The predicted molar refractivity (Wildman–Crippen MR) is 95.4 cm³/mol. The number of methoxy groups -OCH3 is 1. The van der Waals surface area contributed by atoms with Crippen molar-refractivity contribution in [2.75, 3.05) is 7.11 Å². The van der Waals surface area contributed by atoms with E-state index in [2.05, 4.69) is 5.10 Å². The fourth-order valence-electron chi connectivity index (χ4n) is 2.54. The van der Waals surface area contributed by atoms with Crippen molar-refractivity contribution in [2.45, 2.75) is 6.54 Å². The Balaban J connectivity index is 2.00. The van der Waals surface area contributed by atoms with Gasteiger partial charge in [0.15, 0.2) is 5.78 Å². The van der Waals surface area contributed by atoms with E-state index in [4.69, 9.17) is 16.3 Å². The highest BCUT2D eigenvalue weighted by molar-refractivity contribution is 6.35. The smallest absolute Gasteiger partial charge is 0.267 e. The lowest BCUT2D eigenvalue weighted by atomic mass is 10.0. The highest BCUT2D eigenvalue weighted by Gasteiger charge is 2.16. The van der Waals surface area contributed by atoms with E-state index in [1.807, 2.05) is 0 Å². The normalized spacial score (nSPS) is 10.6. The number of carbonyl (C=O) groups excluding carboxylic acids is 1. The van der Waals surface area contributed by atoms with Gasteiger partial charge in [-0.3, -0.25) is 9.59 Å². The van der Waals surface area contributed by atoms with Gasteiger partial charge in [0.25, 0.3) is 5.56 Å². The van der Waals surface area contributed by atoms with Crippen molar-refractivity contribution >= 4 is 17.4 Å². The van der Waals surface area contributed by atoms with Crippen LogP contribution in [0.5, 0.6) is 5.75 Å². The third-order valence-electron chi connectivity index (χ3n) is 3.82. The minimum atomic E-state index is -0.517. The van der Waals surface area contributed by atoms with E-state index in [9.17, 15) is 14.0 Å². The number of hydrogen-bond acceptors (Lipinski definition) is 4. The number of ether oxygens (including phenoxy) is 1. The molecule has 2 aromatic carbocycles. The Morgan fingerprint density at radius 1 is 1.23 bits per heavy atom. The van der Waals surface area contributed by atoms with E-state index < -0.39 is 5.82 Å².